The minimum absolute atomic E-state index is 0.120. The fourth-order valence-corrected chi connectivity index (χ4v) is 2.62. The van der Waals surface area contributed by atoms with Gasteiger partial charge in [0.25, 0.3) is 5.56 Å². The molecule has 0 spiro atoms. The van der Waals surface area contributed by atoms with Crippen molar-refractivity contribution in [1.82, 2.24) is 9.36 Å². The predicted molar refractivity (Wildman–Crippen MR) is 83.4 cm³/mol. The van der Waals surface area contributed by atoms with Crippen LogP contribution in [0.15, 0.2) is 29.1 Å². The van der Waals surface area contributed by atoms with Crippen molar-refractivity contribution in [2.75, 3.05) is 5.73 Å². The molecule has 4 nitrogen and oxygen atoms in total. The summed E-state index contributed by atoms with van der Waals surface area (Å²) in [4.78, 5) is 12.3. The van der Waals surface area contributed by atoms with Crippen LogP contribution in [0, 0.1) is 0 Å². The molecule has 1 aromatic carbocycles. The van der Waals surface area contributed by atoms with Crippen molar-refractivity contribution in [3.05, 3.63) is 50.9 Å². The zero-order chi connectivity index (χ0) is 14.9. The number of aromatic nitrogens is 2. The van der Waals surface area contributed by atoms with E-state index in [1.165, 1.54) is 0 Å². The number of benzene rings is 1. The standard InChI is InChI=1S/C15H20ClN3O/c1-4-18-14(10(2)3)13(17)15(20)19(18)9-11-5-7-12(16)8-6-11/h5-8,10H,4,9,17H2,1-3H3. The SMILES string of the molecule is CCn1c(C(C)C)c(N)c(=O)n1Cc1ccc(Cl)cc1. The van der Waals surface area contributed by atoms with Gasteiger partial charge in [-0.2, -0.15) is 0 Å². The highest BCUT2D eigenvalue weighted by Crippen LogP contribution is 2.20. The third kappa shape index (κ3) is 2.61. The van der Waals surface area contributed by atoms with E-state index in [1.54, 1.807) is 4.68 Å². The van der Waals surface area contributed by atoms with Crippen molar-refractivity contribution in [1.29, 1.82) is 0 Å². The minimum atomic E-state index is -0.120. The average Bonchev–Trinajstić information content (AvgIpc) is 2.65. The number of rotatable bonds is 4. The fraction of sp³-hybridized carbons (Fsp3) is 0.400. The molecule has 1 aromatic heterocycles. The summed E-state index contributed by atoms with van der Waals surface area (Å²) in [5, 5.41) is 0.689. The van der Waals surface area contributed by atoms with Crippen LogP contribution in [0.2, 0.25) is 5.02 Å². The Morgan fingerprint density at radius 3 is 2.30 bits per heavy atom. The van der Waals surface area contributed by atoms with E-state index >= 15 is 0 Å². The molecule has 2 aromatic rings. The van der Waals surface area contributed by atoms with Crippen LogP contribution in [-0.2, 0) is 13.1 Å². The molecule has 0 bridgehead atoms. The Morgan fingerprint density at radius 1 is 1.20 bits per heavy atom. The van der Waals surface area contributed by atoms with E-state index in [2.05, 4.69) is 0 Å². The van der Waals surface area contributed by atoms with Crippen LogP contribution in [0.5, 0.6) is 0 Å². The molecule has 0 aliphatic carbocycles. The maximum absolute atomic E-state index is 12.3. The highest BCUT2D eigenvalue weighted by atomic mass is 35.5. The van der Waals surface area contributed by atoms with Gasteiger partial charge in [0.1, 0.15) is 5.69 Å². The maximum Gasteiger partial charge on any atom is 0.290 e. The van der Waals surface area contributed by atoms with Crippen molar-refractivity contribution in [2.24, 2.45) is 0 Å². The van der Waals surface area contributed by atoms with Crippen molar-refractivity contribution in [3.8, 4) is 0 Å². The lowest BCUT2D eigenvalue weighted by Gasteiger charge is -2.15. The van der Waals surface area contributed by atoms with Crippen molar-refractivity contribution in [3.63, 3.8) is 0 Å². The molecule has 0 aliphatic heterocycles. The normalized spacial score (nSPS) is 11.2. The molecule has 0 amide bonds. The summed E-state index contributed by atoms with van der Waals surface area (Å²) in [5.41, 5.74) is 8.16. The van der Waals surface area contributed by atoms with E-state index in [9.17, 15) is 4.79 Å². The van der Waals surface area contributed by atoms with Gasteiger partial charge in [-0.1, -0.05) is 37.6 Å². The molecule has 5 heteroatoms. The first kappa shape index (κ1) is 14.7. The highest BCUT2D eigenvalue weighted by molar-refractivity contribution is 6.30. The molecule has 20 heavy (non-hydrogen) atoms. The second kappa shape index (κ2) is 5.75. The van der Waals surface area contributed by atoms with Crippen LogP contribution in [0.4, 0.5) is 5.69 Å². The van der Waals surface area contributed by atoms with Gasteiger partial charge in [0, 0.05) is 11.6 Å². The third-order valence-electron chi connectivity index (χ3n) is 3.40. The number of hydrogen-bond acceptors (Lipinski definition) is 2. The Kier molecular flexibility index (Phi) is 4.23. The first-order chi connectivity index (χ1) is 9.45. The summed E-state index contributed by atoms with van der Waals surface area (Å²) in [6, 6.07) is 7.50. The van der Waals surface area contributed by atoms with Crippen LogP contribution < -0.4 is 11.3 Å². The Labute approximate surface area is 123 Å². The Balaban J connectivity index is 2.49. The van der Waals surface area contributed by atoms with Gasteiger partial charge < -0.3 is 5.73 Å². The van der Waals surface area contributed by atoms with E-state index in [-0.39, 0.29) is 11.5 Å². The molecule has 0 aliphatic rings. The first-order valence-electron chi connectivity index (χ1n) is 6.79. The van der Waals surface area contributed by atoms with Crippen LogP contribution in [0.3, 0.4) is 0 Å². The highest BCUT2D eigenvalue weighted by Gasteiger charge is 2.19. The quantitative estimate of drug-likeness (QED) is 0.942. The molecule has 0 fully saturated rings. The van der Waals surface area contributed by atoms with Gasteiger partial charge in [-0.15, -0.1) is 0 Å². The van der Waals surface area contributed by atoms with Crippen molar-refractivity contribution in [2.45, 2.75) is 39.8 Å². The number of anilines is 1. The molecule has 0 atom stereocenters. The zero-order valence-corrected chi connectivity index (χ0v) is 12.8. The second-order valence-corrected chi connectivity index (χ2v) is 5.60. The summed E-state index contributed by atoms with van der Waals surface area (Å²) in [6.07, 6.45) is 0. The summed E-state index contributed by atoms with van der Waals surface area (Å²) >= 11 is 5.88. The van der Waals surface area contributed by atoms with E-state index in [4.69, 9.17) is 17.3 Å². The van der Waals surface area contributed by atoms with Gasteiger partial charge >= 0.3 is 0 Å². The Hall–Kier alpha value is -1.68. The fourth-order valence-electron chi connectivity index (χ4n) is 2.50. The van der Waals surface area contributed by atoms with Crippen LogP contribution in [-0.4, -0.2) is 9.36 Å². The number of halogens is 1. The minimum Gasteiger partial charge on any atom is -0.393 e. The third-order valence-corrected chi connectivity index (χ3v) is 3.65. The molecule has 2 rings (SSSR count). The summed E-state index contributed by atoms with van der Waals surface area (Å²) < 4.78 is 3.67. The van der Waals surface area contributed by atoms with Gasteiger partial charge in [-0.05, 0) is 30.5 Å². The smallest absolute Gasteiger partial charge is 0.290 e. The van der Waals surface area contributed by atoms with Gasteiger partial charge in [-0.25, -0.2) is 4.68 Å². The molecule has 0 saturated carbocycles. The van der Waals surface area contributed by atoms with Gasteiger partial charge in [0.15, 0.2) is 0 Å². The molecule has 2 N–H and O–H groups in total. The zero-order valence-electron chi connectivity index (χ0n) is 12.1. The summed E-state index contributed by atoms with van der Waals surface area (Å²) in [6.45, 7) is 7.32. The topological polar surface area (TPSA) is 52.9 Å². The van der Waals surface area contributed by atoms with E-state index in [1.807, 2.05) is 49.7 Å². The van der Waals surface area contributed by atoms with Gasteiger partial charge in [0.2, 0.25) is 0 Å². The van der Waals surface area contributed by atoms with Gasteiger partial charge in [-0.3, -0.25) is 9.48 Å². The molecule has 0 radical (unpaired) electrons. The van der Waals surface area contributed by atoms with E-state index < -0.39 is 0 Å². The number of nitrogens with two attached hydrogens (primary N) is 1. The Morgan fingerprint density at radius 2 is 1.80 bits per heavy atom. The molecular weight excluding hydrogens is 274 g/mol. The van der Waals surface area contributed by atoms with E-state index in [0.717, 1.165) is 11.3 Å². The lowest BCUT2D eigenvalue weighted by molar-refractivity contribution is 0.465. The molecular formula is C15H20ClN3O. The molecule has 1 heterocycles. The number of nitrogens with zero attached hydrogens (tertiary/aromatic N) is 2. The van der Waals surface area contributed by atoms with Crippen molar-refractivity contribution < 1.29 is 0 Å². The largest absolute Gasteiger partial charge is 0.393 e. The maximum atomic E-state index is 12.3. The van der Waals surface area contributed by atoms with Crippen LogP contribution in [0.1, 0.15) is 37.9 Å². The van der Waals surface area contributed by atoms with Crippen molar-refractivity contribution >= 4 is 17.3 Å². The molecule has 108 valence electrons. The lowest BCUT2D eigenvalue weighted by Crippen LogP contribution is -2.24. The second-order valence-electron chi connectivity index (χ2n) is 5.16. The molecule has 0 saturated heterocycles. The number of nitrogen functional groups attached to an aromatic ring is 1. The molecule has 0 unspecified atom stereocenters. The van der Waals surface area contributed by atoms with E-state index in [0.29, 0.717) is 23.8 Å². The van der Waals surface area contributed by atoms with Crippen LogP contribution >= 0.6 is 11.6 Å². The predicted octanol–water partition coefficient (Wildman–Crippen LogP) is 3.08. The monoisotopic (exact) mass is 293 g/mol. The summed E-state index contributed by atoms with van der Waals surface area (Å²) in [5.74, 6) is 0.217. The summed E-state index contributed by atoms with van der Waals surface area (Å²) in [7, 11) is 0. The van der Waals surface area contributed by atoms with Crippen LogP contribution in [0.25, 0.3) is 0 Å². The first-order valence-corrected chi connectivity index (χ1v) is 7.16. The average molecular weight is 294 g/mol. The Bertz CT molecular complexity index is 653. The van der Waals surface area contributed by atoms with Gasteiger partial charge in [0.05, 0.1) is 12.2 Å². The number of hydrogen-bond donors (Lipinski definition) is 1. The lowest BCUT2D eigenvalue weighted by atomic mass is 10.1.